The van der Waals surface area contributed by atoms with E-state index >= 15 is 0 Å². The number of benzene rings is 2. The molecule has 0 saturated carbocycles. The Labute approximate surface area is 146 Å². The highest BCUT2D eigenvalue weighted by Gasteiger charge is 2.16. The Hall–Kier alpha value is -2.61. The number of rotatable bonds is 2. The molecule has 4 rings (SSSR count). The number of primary sulfonamides is 1. The Kier molecular flexibility index (Phi) is 3.47. The lowest BCUT2D eigenvalue weighted by Crippen LogP contribution is -2.12. The van der Waals surface area contributed by atoms with E-state index in [1.807, 2.05) is 0 Å². The maximum Gasteiger partial charge on any atom is 0.249 e. The standard InChI is InChI=1S/C17H11ClN2O4S/c18-10-4-5-14-13(7-10)16-17(24-14)12(8-15(21)20-16)9-2-1-3-11(6-9)25(19,22)23/h1-8H,(H,20,21)(H2,19,22,23). The van der Waals surface area contributed by atoms with E-state index in [1.54, 1.807) is 30.3 Å². The summed E-state index contributed by atoms with van der Waals surface area (Å²) in [5, 5.41) is 6.37. The molecule has 2 aromatic carbocycles. The first-order valence-electron chi connectivity index (χ1n) is 7.21. The highest BCUT2D eigenvalue weighted by atomic mass is 35.5. The average molecular weight is 375 g/mol. The largest absolute Gasteiger partial charge is 0.454 e. The van der Waals surface area contributed by atoms with Gasteiger partial charge < -0.3 is 9.40 Å². The number of fused-ring (bicyclic) bond motifs is 3. The van der Waals surface area contributed by atoms with Crippen LogP contribution in [0.15, 0.2) is 62.6 Å². The van der Waals surface area contributed by atoms with Gasteiger partial charge in [-0.1, -0.05) is 23.7 Å². The van der Waals surface area contributed by atoms with Crippen LogP contribution >= 0.6 is 11.6 Å². The van der Waals surface area contributed by atoms with E-state index < -0.39 is 10.0 Å². The van der Waals surface area contributed by atoms with Crippen LogP contribution in [0.3, 0.4) is 0 Å². The Bertz CT molecular complexity index is 1310. The van der Waals surface area contributed by atoms with Crippen LogP contribution in [0, 0.1) is 0 Å². The topological polar surface area (TPSA) is 106 Å². The van der Waals surface area contributed by atoms with Gasteiger partial charge in [-0.25, -0.2) is 13.6 Å². The van der Waals surface area contributed by atoms with Crippen molar-refractivity contribution in [3.05, 3.63) is 63.9 Å². The zero-order chi connectivity index (χ0) is 17.8. The number of aromatic nitrogens is 1. The number of pyridine rings is 1. The van der Waals surface area contributed by atoms with Crippen LogP contribution in [0.25, 0.3) is 33.2 Å². The van der Waals surface area contributed by atoms with Crippen LogP contribution in [0.1, 0.15) is 0 Å². The SMILES string of the molecule is NS(=O)(=O)c1cccc(-c2cc(=O)[nH]c3c2oc2ccc(Cl)cc23)c1. The number of nitrogens with one attached hydrogen (secondary N) is 1. The molecule has 0 spiro atoms. The van der Waals surface area contributed by atoms with Crippen molar-refractivity contribution in [1.82, 2.24) is 4.98 Å². The van der Waals surface area contributed by atoms with Gasteiger partial charge in [-0.15, -0.1) is 0 Å². The van der Waals surface area contributed by atoms with Gasteiger partial charge in [0.1, 0.15) is 5.58 Å². The minimum atomic E-state index is -3.86. The lowest BCUT2D eigenvalue weighted by Gasteiger charge is -2.04. The number of sulfonamides is 1. The fourth-order valence-corrected chi connectivity index (χ4v) is 3.53. The predicted molar refractivity (Wildman–Crippen MR) is 96.2 cm³/mol. The van der Waals surface area contributed by atoms with E-state index in [-0.39, 0.29) is 10.5 Å². The molecule has 0 fully saturated rings. The first-order chi connectivity index (χ1) is 11.8. The van der Waals surface area contributed by atoms with Gasteiger partial charge in [0.25, 0.3) is 0 Å². The average Bonchev–Trinajstić information content (AvgIpc) is 2.91. The van der Waals surface area contributed by atoms with Gasteiger partial charge in [0.2, 0.25) is 15.6 Å². The second-order valence-corrected chi connectivity index (χ2v) is 7.56. The Balaban J connectivity index is 2.09. The van der Waals surface area contributed by atoms with E-state index in [2.05, 4.69) is 4.98 Å². The van der Waals surface area contributed by atoms with Crippen LogP contribution < -0.4 is 10.7 Å². The van der Waals surface area contributed by atoms with Gasteiger partial charge in [-0.3, -0.25) is 4.79 Å². The van der Waals surface area contributed by atoms with Gasteiger partial charge in [-0.2, -0.15) is 0 Å². The molecule has 6 nitrogen and oxygen atoms in total. The van der Waals surface area contributed by atoms with Crippen LogP contribution in [0.5, 0.6) is 0 Å². The molecule has 0 bridgehead atoms. The second kappa shape index (κ2) is 5.45. The van der Waals surface area contributed by atoms with Crippen molar-refractivity contribution in [2.75, 3.05) is 0 Å². The molecule has 2 aromatic heterocycles. The number of hydrogen-bond donors (Lipinski definition) is 2. The zero-order valence-electron chi connectivity index (χ0n) is 12.6. The van der Waals surface area contributed by atoms with E-state index in [1.165, 1.54) is 18.2 Å². The summed E-state index contributed by atoms with van der Waals surface area (Å²) >= 11 is 6.03. The molecule has 0 atom stereocenters. The number of aromatic amines is 1. The van der Waals surface area contributed by atoms with E-state index in [4.69, 9.17) is 21.2 Å². The summed E-state index contributed by atoms with van der Waals surface area (Å²) in [6, 6.07) is 12.5. The van der Waals surface area contributed by atoms with E-state index in [0.717, 1.165) is 0 Å². The molecular weight excluding hydrogens is 364 g/mol. The summed E-state index contributed by atoms with van der Waals surface area (Å²) in [7, 11) is -3.86. The molecule has 0 unspecified atom stereocenters. The first-order valence-corrected chi connectivity index (χ1v) is 9.14. The molecule has 3 N–H and O–H groups in total. The Morgan fingerprint density at radius 3 is 2.64 bits per heavy atom. The van der Waals surface area contributed by atoms with Crippen molar-refractivity contribution in [1.29, 1.82) is 0 Å². The highest BCUT2D eigenvalue weighted by Crippen LogP contribution is 2.35. The van der Waals surface area contributed by atoms with Gasteiger partial charge in [0, 0.05) is 22.0 Å². The molecule has 0 radical (unpaired) electrons. The van der Waals surface area contributed by atoms with Crippen LogP contribution in [-0.4, -0.2) is 13.4 Å². The van der Waals surface area contributed by atoms with Gasteiger partial charge >= 0.3 is 0 Å². The molecule has 126 valence electrons. The lowest BCUT2D eigenvalue weighted by atomic mass is 10.1. The summed E-state index contributed by atoms with van der Waals surface area (Å²) in [6.45, 7) is 0. The number of nitrogens with two attached hydrogens (primary N) is 1. The van der Waals surface area contributed by atoms with Crippen LogP contribution in [0.4, 0.5) is 0 Å². The minimum Gasteiger partial charge on any atom is -0.454 e. The van der Waals surface area contributed by atoms with Crippen LogP contribution in [-0.2, 0) is 10.0 Å². The van der Waals surface area contributed by atoms with E-state index in [9.17, 15) is 13.2 Å². The summed E-state index contributed by atoms with van der Waals surface area (Å²) in [5.41, 5.74) is 2.13. The molecule has 0 saturated heterocycles. The molecular formula is C17H11ClN2O4S. The first kappa shape index (κ1) is 15.9. The fraction of sp³-hybridized carbons (Fsp3) is 0. The van der Waals surface area contributed by atoms with Gasteiger partial charge in [-0.05, 0) is 35.9 Å². The third-order valence-electron chi connectivity index (χ3n) is 3.89. The molecule has 0 aliphatic carbocycles. The Morgan fingerprint density at radius 2 is 1.88 bits per heavy atom. The summed E-state index contributed by atoms with van der Waals surface area (Å²) in [5.74, 6) is 0. The fourth-order valence-electron chi connectivity index (χ4n) is 2.79. The quantitative estimate of drug-likeness (QED) is 0.561. The van der Waals surface area contributed by atoms with Crippen LogP contribution in [0.2, 0.25) is 5.02 Å². The molecule has 25 heavy (non-hydrogen) atoms. The third kappa shape index (κ3) is 2.72. The van der Waals surface area contributed by atoms with Crippen molar-refractivity contribution < 1.29 is 12.8 Å². The van der Waals surface area contributed by atoms with Gasteiger partial charge in [0.05, 0.1) is 10.4 Å². The molecule has 8 heteroatoms. The monoisotopic (exact) mass is 374 g/mol. The van der Waals surface area contributed by atoms with E-state index in [0.29, 0.717) is 38.2 Å². The van der Waals surface area contributed by atoms with Gasteiger partial charge in [0.15, 0.2) is 5.58 Å². The normalized spacial score (nSPS) is 12.1. The lowest BCUT2D eigenvalue weighted by molar-refractivity contribution is 0.598. The summed E-state index contributed by atoms with van der Waals surface area (Å²) < 4.78 is 29.1. The maximum atomic E-state index is 12.1. The molecule has 0 amide bonds. The van der Waals surface area contributed by atoms with Crippen molar-refractivity contribution >= 4 is 43.7 Å². The summed E-state index contributed by atoms with van der Waals surface area (Å²) in [4.78, 5) is 14.8. The Morgan fingerprint density at radius 1 is 1.08 bits per heavy atom. The molecule has 0 aliphatic rings. The molecule has 0 aliphatic heterocycles. The zero-order valence-corrected chi connectivity index (χ0v) is 14.2. The van der Waals surface area contributed by atoms with Crippen molar-refractivity contribution in [3.63, 3.8) is 0 Å². The van der Waals surface area contributed by atoms with Crippen molar-refractivity contribution in [2.24, 2.45) is 5.14 Å². The third-order valence-corrected chi connectivity index (χ3v) is 5.04. The summed E-state index contributed by atoms with van der Waals surface area (Å²) in [6.07, 6.45) is 0. The minimum absolute atomic E-state index is 0.0439. The number of H-pyrrole nitrogens is 1. The number of hydrogen-bond acceptors (Lipinski definition) is 4. The number of halogens is 1. The second-order valence-electron chi connectivity index (χ2n) is 5.57. The maximum absolute atomic E-state index is 12.1. The molecule has 2 heterocycles. The number of furan rings is 1. The smallest absolute Gasteiger partial charge is 0.249 e. The highest BCUT2D eigenvalue weighted by molar-refractivity contribution is 7.89. The predicted octanol–water partition coefficient (Wildman–Crippen LogP) is 3.24. The van der Waals surface area contributed by atoms with Crippen molar-refractivity contribution in [2.45, 2.75) is 4.90 Å². The van der Waals surface area contributed by atoms with Crippen molar-refractivity contribution in [3.8, 4) is 11.1 Å². The molecule has 4 aromatic rings.